The number of rotatable bonds is 8. The van der Waals surface area contributed by atoms with E-state index in [1.165, 1.54) is 34.2 Å². The van der Waals surface area contributed by atoms with Crippen LogP contribution in [0, 0.1) is 11.3 Å². The maximum atomic E-state index is 14.2. The normalized spacial score (nSPS) is 22.5. The average Bonchev–Trinajstić information content (AvgIpc) is 3.36. The number of Topliss-reactive ketones (excluding diaryl/α,β-unsaturated/α-hetero) is 1. The third kappa shape index (κ3) is 4.89. The third-order valence-corrected chi connectivity index (χ3v) is 11.1. The van der Waals surface area contributed by atoms with Crippen molar-refractivity contribution < 1.29 is 24.2 Å². The summed E-state index contributed by atoms with van der Waals surface area (Å²) in [6, 6.07) is 7.90. The Kier molecular flexibility index (Phi) is 8.11. The number of hydrogen-bond acceptors (Lipinski definition) is 9. The van der Waals surface area contributed by atoms with Gasteiger partial charge in [0, 0.05) is 49.5 Å². The van der Waals surface area contributed by atoms with E-state index in [1.54, 1.807) is 57.3 Å². The van der Waals surface area contributed by atoms with Crippen LogP contribution in [0.3, 0.4) is 0 Å². The number of phenolic OH excluding ortho intramolecular Hbond substituents is 1. The fraction of sp³-hybridized carbons (Fsp3) is 0.368. The zero-order chi connectivity index (χ0) is 36.5. The molecule has 1 saturated carbocycles. The van der Waals surface area contributed by atoms with E-state index in [0.29, 0.717) is 51.2 Å². The minimum atomic E-state index is -1.24. The second-order valence-corrected chi connectivity index (χ2v) is 13.6. The number of carbonyl (C=O) groups excluding carboxylic acids is 2. The lowest BCUT2D eigenvalue weighted by Crippen LogP contribution is -2.54. The molecule has 1 fully saturated rings. The molecule has 2 aliphatic carbocycles. The number of fused-ring (bicyclic) bond motifs is 5. The van der Waals surface area contributed by atoms with E-state index in [1.807, 2.05) is 6.08 Å². The minimum absolute atomic E-state index is 0.00357. The lowest BCUT2D eigenvalue weighted by atomic mass is 9.51. The topological polar surface area (TPSA) is 157 Å². The Hall–Kier alpha value is -5.72. The molecule has 4 aromatic rings. The van der Waals surface area contributed by atoms with E-state index in [-0.39, 0.29) is 54.5 Å². The summed E-state index contributed by atoms with van der Waals surface area (Å²) in [6.45, 7) is 7.08. The molecule has 2 aromatic heterocycles. The van der Waals surface area contributed by atoms with Crippen LogP contribution in [0.5, 0.6) is 17.2 Å². The van der Waals surface area contributed by atoms with Crippen LogP contribution in [0.2, 0.25) is 0 Å². The molecule has 0 saturated heterocycles. The number of aromatic hydroxyl groups is 1. The lowest BCUT2D eigenvalue weighted by Gasteiger charge is -2.52. The molecular weight excluding hydrogens is 654 g/mol. The van der Waals surface area contributed by atoms with Crippen LogP contribution >= 0.6 is 0 Å². The van der Waals surface area contributed by atoms with Crippen LogP contribution in [0.15, 0.2) is 80.7 Å². The smallest absolute Gasteiger partial charge is 0.347 e. The molecule has 13 heteroatoms. The maximum Gasteiger partial charge on any atom is 0.347 e. The Morgan fingerprint density at radius 3 is 2.51 bits per heavy atom. The maximum absolute atomic E-state index is 14.2. The number of aryl methyl sites for hydroxylation is 2. The average molecular weight is 694 g/mol. The van der Waals surface area contributed by atoms with Gasteiger partial charge >= 0.3 is 11.4 Å². The molecule has 0 spiro atoms. The van der Waals surface area contributed by atoms with Crippen LogP contribution in [0.1, 0.15) is 49.0 Å². The fourth-order valence-electron chi connectivity index (χ4n) is 8.38. The molecule has 13 nitrogen and oxygen atoms in total. The van der Waals surface area contributed by atoms with Gasteiger partial charge in [0.2, 0.25) is 0 Å². The number of ketones is 2. The zero-order valence-corrected chi connectivity index (χ0v) is 29.1. The van der Waals surface area contributed by atoms with Crippen molar-refractivity contribution in [2.24, 2.45) is 18.4 Å². The standard InChI is InChI=1S/C38H39N5O8/c1-7-9-21-10-8-11-23(34(21)46)32-22-12-15-42-36(48)41(37(49)43(42)27(22)17-24-33(45)20(2)16-31(44)38(24,32)3)14-13-25-35(47)40(4)28-19-30(51-6)29(50-5)18-26(28)39-25/h7-8,10-12,16,18-19,24,27,32,46H,1,9,13-15,17H2,2-6H3/t24-,27+,32+,38-/m0/s1. The Morgan fingerprint density at radius 2 is 1.80 bits per heavy atom. The Morgan fingerprint density at radius 1 is 1.08 bits per heavy atom. The summed E-state index contributed by atoms with van der Waals surface area (Å²) in [7, 11) is 4.61. The van der Waals surface area contributed by atoms with Gasteiger partial charge in [0.15, 0.2) is 23.1 Å². The molecule has 1 aliphatic heterocycles. The Bertz CT molecular complexity index is 2420. The van der Waals surface area contributed by atoms with Gasteiger partial charge in [0.25, 0.3) is 5.56 Å². The number of nitrogens with zero attached hydrogens (tertiary/aromatic N) is 5. The molecule has 264 valence electrons. The van der Waals surface area contributed by atoms with Gasteiger partial charge in [-0.1, -0.05) is 37.3 Å². The van der Waals surface area contributed by atoms with E-state index < -0.39 is 34.7 Å². The molecule has 51 heavy (non-hydrogen) atoms. The Labute approximate surface area is 292 Å². The molecule has 3 aliphatic rings. The van der Waals surface area contributed by atoms with Gasteiger partial charge in [-0.2, -0.15) is 0 Å². The molecule has 1 N–H and O–H groups in total. The van der Waals surface area contributed by atoms with Crippen LogP contribution in [0.4, 0.5) is 0 Å². The summed E-state index contributed by atoms with van der Waals surface area (Å²) >= 11 is 0. The zero-order valence-electron chi connectivity index (χ0n) is 29.1. The van der Waals surface area contributed by atoms with Gasteiger partial charge in [-0.3, -0.25) is 14.4 Å². The van der Waals surface area contributed by atoms with Gasteiger partial charge in [0.05, 0.1) is 43.3 Å². The van der Waals surface area contributed by atoms with Gasteiger partial charge in [0.1, 0.15) is 11.4 Å². The molecule has 0 radical (unpaired) electrons. The summed E-state index contributed by atoms with van der Waals surface area (Å²) in [5.41, 5.74) is 0.475. The fourth-order valence-corrected chi connectivity index (χ4v) is 8.38. The van der Waals surface area contributed by atoms with Crippen LogP contribution in [-0.4, -0.2) is 54.4 Å². The molecule has 3 heterocycles. The van der Waals surface area contributed by atoms with Crippen molar-refractivity contribution in [1.29, 1.82) is 0 Å². The lowest BCUT2D eigenvalue weighted by molar-refractivity contribution is -0.139. The minimum Gasteiger partial charge on any atom is -0.507 e. The molecular formula is C38H39N5O8. The summed E-state index contributed by atoms with van der Waals surface area (Å²) in [6.07, 6.45) is 5.39. The van der Waals surface area contributed by atoms with E-state index in [0.717, 1.165) is 4.57 Å². The Balaban J connectivity index is 1.31. The molecule has 7 rings (SSSR count). The number of para-hydroxylation sites is 1. The summed E-state index contributed by atoms with van der Waals surface area (Å²) < 4.78 is 16.0. The van der Waals surface area contributed by atoms with Gasteiger partial charge in [-0.05, 0) is 42.6 Å². The van der Waals surface area contributed by atoms with Gasteiger partial charge in [-0.15, -0.1) is 6.58 Å². The number of carbonyl (C=O) groups is 2. The van der Waals surface area contributed by atoms with Crippen LogP contribution in [0.25, 0.3) is 11.0 Å². The third-order valence-electron chi connectivity index (χ3n) is 11.1. The summed E-state index contributed by atoms with van der Waals surface area (Å²) in [4.78, 5) is 73.8. The van der Waals surface area contributed by atoms with Crippen molar-refractivity contribution >= 4 is 22.6 Å². The van der Waals surface area contributed by atoms with Crippen molar-refractivity contribution in [3.63, 3.8) is 0 Å². The highest BCUT2D eigenvalue weighted by Crippen LogP contribution is 2.60. The molecule has 4 atom stereocenters. The monoisotopic (exact) mass is 693 g/mol. The van der Waals surface area contributed by atoms with E-state index in [2.05, 4.69) is 11.6 Å². The van der Waals surface area contributed by atoms with Gasteiger partial charge < -0.3 is 19.1 Å². The SMILES string of the molecule is C=CCc1cccc([C@H]2C3=CCn4c(=O)n(CCc5nc6cc(OC)c(OC)cc6n(C)c5=O)c(=O)n4[C@@H]3C[C@H]3C(=O)C(C)=CC(=O)[C@@]23C)c1O. The van der Waals surface area contributed by atoms with Crippen molar-refractivity contribution in [2.75, 3.05) is 14.2 Å². The van der Waals surface area contributed by atoms with Crippen molar-refractivity contribution in [3.05, 3.63) is 114 Å². The highest BCUT2D eigenvalue weighted by molar-refractivity contribution is 6.13. The molecule has 2 aromatic carbocycles. The highest BCUT2D eigenvalue weighted by atomic mass is 16.5. The number of allylic oxidation sites excluding steroid dienone is 5. The molecule has 0 amide bonds. The van der Waals surface area contributed by atoms with E-state index >= 15 is 0 Å². The van der Waals surface area contributed by atoms with Crippen molar-refractivity contribution in [3.8, 4) is 17.2 Å². The number of ether oxygens (including phenoxy) is 2. The highest BCUT2D eigenvalue weighted by Gasteiger charge is 2.59. The van der Waals surface area contributed by atoms with E-state index in [4.69, 9.17) is 9.47 Å². The first kappa shape index (κ1) is 33.8. The number of hydrogen-bond donors (Lipinski definition) is 1. The number of phenols is 1. The molecule has 0 bridgehead atoms. The largest absolute Gasteiger partial charge is 0.507 e. The number of methoxy groups -OCH3 is 2. The number of benzene rings is 2. The quantitative estimate of drug-likeness (QED) is 0.274. The summed E-state index contributed by atoms with van der Waals surface area (Å²) in [5.74, 6) is -1.13. The van der Waals surface area contributed by atoms with Crippen LogP contribution in [-0.2, 0) is 42.6 Å². The first-order valence-electron chi connectivity index (χ1n) is 16.8. The van der Waals surface area contributed by atoms with Gasteiger partial charge in [-0.25, -0.2) is 28.5 Å². The predicted molar refractivity (Wildman–Crippen MR) is 189 cm³/mol. The number of aromatic nitrogens is 5. The first-order valence-corrected chi connectivity index (χ1v) is 16.8. The first-order chi connectivity index (χ1) is 24.4. The summed E-state index contributed by atoms with van der Waals surface area (Å²) in [5, 5.41) is 11.6. The van der Waals surface area contributed by atoms with Crippen LogP contribution < -0.4 is 26.4 Å². The molecule has 0 unspecified atom stereocenters. The van der Waals surface area contributed by atoms with E-state index in [9.17, 15) is 29.1 Å². The second kappa shape index (κ2) is 12.3. The predicted octanol–water partition coefficient (Wildman–Crippen LogP) is 3.14. The van der Waals surface area contributed by atoms with Crippen molar-refractivity contribution in [2.45, 2.75) is 58.2 Å². The second-order valence-electron chi connectivity index (χ2n) is 13.6. The van der Waals surface area contributed by atoms with Crippen molar-refractivity contribution in [1.82, 2.24) is 23.5 Å².